The summed E-state index contributed by atoms with van der Waals surface area (Å²) >= 11 is 1.64. The number of amides is 2. The van der Waals surface area contributed by atoms with Gasteiger partial charge in [-0.05, 0) is 18.4 Å². The van der Waals surface area contributed by atoms with Gasteiger partial charge in [0.1, 0.15) is 0 Å². The lowest BCUT2D eigenvalue weighted by molar-refractivity contribution is 0.236. The van der Waals surface area contributed by atoms with Crippen LogP contribution in [0.15, 0.2) is 66.0 Å². The van der Waals surface area contributed by atoms with Crippen LogP contribution in [0, 0.1) is 0 Å². The molecule has 0 aliphatic heterocycles. The van der Waals surface area contributed by atoms with Crippen molar-refractivity contribution in [2.45, 2.75) is 24.8 Å². The van der Waals surface area contributed by atoms with Crippen LogP contribution in [0.3, 0.4) is 0 Å². The quantitative estimate of drug-likeness (QED) is 0.684. The predicted molar refractivity (Wildman–Crippen MR) is 105 cm³/mol. The third-order valence-electron chi connectivity index (χ3n) is 4.67. The number of nitrogens with one attached hydrogen (secondary N) is 2. The molecule has 2 N–H and O–H groups in total. The average Bonchev–Trinajstić information content (AvgIpc) is 3.31. The van der Waals surface area contributed by atoms with E-state index in [1.165, 1.54) is 5.56 Å². The number of carbonyl (C=O) groups is 1. The molecule has 1 aliphatic carbocycles. The first-order chi connectivity index (χ1) is 12.8. The normalized spacial score (nSPS) is 14.6. The van der Waals surface area contributed by atoms with Crippen molar-refractivity contribution < 1.29 is 4.79 Å². The maximum absolute atomic E-state index is 12.2. The van der Waals surface area contributed by atoms with Crippen molar-refractivity contribution in [3.8, 4) is 11.3 Å². The molecule has 5 heteroatoms. The van der Waals surface area contributed by atoms with Gasteiger partial charge in [0.25, 0.3) is 0 Å². The van der Waals surface area contributed by atoms with Crippen LogP contribution >= 0.6 is 11.3 Å². The van der Waals surface area contributed by atoms with Gasteiger partial charge in [0, 0.05) is 23.9 Å². The van der Waals surface area contributed by atoms with Crippen LogP contribution in [0.2, 0.25) is 0 Å². The van der Waals surface area contributed by atoms with Crippen molar-refractivity contribution in [2.24, 2.45) is 0 Å². The van der Waals surface area contributed by atoms with Gasteiger partial charge in [-0.2, -0.15) is 0 Å². The molecule has 1 heterocycles. The fourth-order valence-corrected chi connectivity index (χ4v) is 3.89. The van der Waals surface area contributed by atoms with E-state index >= 15 is 0 Å². The largest absolute Gasteiger partial charge is 0.338 e. The van der Waals surface area contributed by atoms with E-state index in [4.69, 9.17) is 0 Å². The van der Waals surface area contributed by atoms with E-state index in [2.05, 4.69) is 45.3 Å². The Morgan fingerprint density at radius 2 is 1.73 bits per heavy atom. The Morgan fingerprint density at radius 1 is 1.04 bits per heavy atom. The highest BCUT2D eigenvalue weighted by Crippen LogP contribution is 2.45. The highest BCUT2D eigenvalue weighted by atomic mass is 32.1. The SMILES string of the molecule is O=C(NCCc1nc(-c2ccccc2)cs1)NC1(c2ccccc2)CC1. The van der Waals surface area contributed by atoms with Crippen LogP contribution in [0.5, 0.6) is 0 Å². The summed E-state index contributed by atoms with van der Waals surface area (Å²) < 4.78 is 0. The number of rotatable bonds is 6. The Labute approximate surface area is 157 Å². The first kappa shape index (κ1) is 16.8. The molecule has 0 atom stereocenters. The van der Waals surface area contributed by atoms with Gasteiger partial charge in [0.2, 0.25) is 0 Å². The van der Waals surface area contributed by atoms with E-state index in [1.807, 2.05) is 36.4 Å². The molecule has 0 radical (unpaired) electrons. The molecule has 1 aliphatic rings. The highest BCUT2D eigenvalue weighted by Gasteiger charge is 2.45. The number of carbonyl (C=O) groups excluding carboxylic acids is 1. The topological polar surface area (TPSA) is 54.0 Å². The summed E-state index contributed by atoms with van der Waals surface area (Å²) in [6.07, 6.45) is 2.73. The number of urea groups is 1. The summed E-state index contributed by atoms with van der Waals surface area (Å²) in [5, 5.41) is 9.20. The van der Waals surface area contributed by atoms with Gasteiger partial charge < -0.3 is 10.6 Å². The number of nitrogens with zero attached hydrogens (tertiary/aromatic N) is 1. The molecule has 132 valence electrons. The highest BCUT2D eigenvalue weighted by molar-refractivity contribution is 7.09. The minimum Gasteiger partial charge on any atom is -0.338 e. The summed E-state index contributed by atoms with van der Waals surface area (Å²) in [5.74, 6) is 0. The van der Waals surface area contributed by atoms with E-state index in [-0.39, 0.29) is 11.6 Å². The second-order valence-electron chi connectivity index (χ2n) is 6.57. The zero-order chi connectivity index (χ0) is 17.8. The van der Waals surface area contributed by atoms with Crippen LogP contribution in [-0.4, -0.2) is 17.6 Å². The monoisotopic (exact) mass is 363 g/mol. The Morgan fingerprint density at radius 3 is 2.42 bits per heavy atom. The molecular weight excluding hydrogens is 342 g/mol. The number of benzene rings is 2. The zero-order valence-corrected chi connectivity index (χ0v) is 15.3. The molecule has 2 amide bonds. The third-order valence-corrected chi connectivity index (χ3v) is 5.58. The van der Waals surface area contributed by atoms with Crippen molar-refractivity contribution in [1.82, 2.24) is 15.6 Å². The first-order valence-corrected chi connectivity index (χ1v) is 9.75. The molecule has 2 aromatic carbocycles. The molecule has 0 bridgehead atoms. The lowest BCUT2D eigenvalue weighted by Crippen LogP contribution is -2.42. The van der Waals surface area contributed by atoms with Crippen LogP contribution in [0.1, 0.15) is 23.4 Å². The fourth-order valence-electron chi connectivity index (χ4n) is 3.08. The van der Waals surface area contributed by atoms with Gasteiger partial charge in [-0.1, -0.05) is 60.7 Å². The second-order valence-corrected chi connectivity index (χ2v) is 7.51. The first-order valence-electron chi connectivity index (χ1n) is 8.87. The molecule has 1 saturated carbocycles. The Bertz CT molecular complexity index is 873. The van der Waals surface area contributed by atoms with Crippen LogP contribution in [-0.2, 0) is 12.0 Å². The van der Waals surface area contributed by atoms with E-state index in [0.29, 0.717) is 6.54 Å². The average molecular weight is 363 g/mol. The minimum atomic E-state index is -0.174. The summed E-state index contributed by atoms with van der Waals surface area (Å²) in [7, 11) is 0. The summed E-state index contributed by atoms with van der Waals surface area (Å²) in [6.45, 7) is 0.582. The molecule has 0 unspecified atom stereocenters. The lowest BCUT2D eigenvalue weighted by atomic mass is 10.1. The summed E-state index contributed by atoms with van der Waals surface area (Å²) in [5.41, 5.74) is 3.13. The molecular formula is C21H21N3OS. The fraction of sp³-hybridized carbons (Fsp3) is 0.238. The third kappa shape index (κ3) is 3.78. The van der Waals surface area contributed by atoms with Gasteiger partial charge in [-0.15, -0.1) is 11.3 Å². The predicted octanol–water partition coefficient (Wildman–Crippen LogP) is 4.34. The number of aromatic nitrogens is 1. The van der Waals surface area contributed by atoms with Gasteiger partial charge in [0.05, 0.1) is 16.2 Å². The summed E-state index contributed by atoms with van der Waals surface area (Å²) in [6, 6.07) is 20.2. The number of hydrogen-bond donors (Lipinski definition) is 2. The van der Waals surface area contributed by atoms with E-state index < -0.39 is 0 Å². The lowest BCUT2D eigenvalue weighted by Gasteiger charge is -2.18. The maximum Gasteiger partial charge on any atom is 0.315 e. The zero-order valence-electron chi connectivity index (χ0n) is 14.4. The van der Waals surface area contributed by atoms with Crippen LogP contribution in [0.25, 0.3) is 11.3 Å². The van der Waals surface area contributed by atoms with Gasteiger partial charge in [0.15, 0.2) is 0 Å². The van der Waals surface area contributed by atoms with E-state index in [9.17, 15) is 4.79 Å². The Hall–Kier alpha value is -2.66. The van der Waals surface area contributed by atoms with Gasteiger partial charge in [-0.3, -0.25) is 0 Å². The van der Waals surface area contributed by atoms with Crippen molar-refractivity contribution in [3.63, 3.8) is 0 Å². The molecule has 4 rings (SSSR count). The standard InChI is InChI=1S/C21H21N3OS/c25-20(24-21(12-13-21)17-9-5-2-6-10-17)22-14-11-19-23-18(15-26-19)16-7-3-1-4-8-16/h1-10,15H,11-14H2,(H2,22,24,25). The number of thiazole rings is 1. The smallest absolute Gasteiger partial charge is 0.315 e. The van der Waals surface area contributed by atoms with E-state index in [1.54, 1.807) is 11.3 Å². The second kappa shape index (κ2) is 7.30. The van der Waals surface area contributed by atoms with Crippen molar-refractivity contribution in [1.29, 1.82) is 0 Å². The molecule has 0 spiro atoms. The van der Waals surface area contributed by atoms with Crippen molar-refractivity contribution in [2.75, 3.05) is 6.54 Å². The molecule has 1 fully saturated rings. The Kier molecular flexibility index (Phi) is 4.71. The van der Waals surface area contributed by atoms with Crippen LogP contribution in [0.4, 0.5) is 4.79 Å². The Balaban J connectivity index is 1.28. The minimum absolute atomic E-state index is 0.105. The van der Waals surface area contributed by atoms with E-state index in [0.717, 1.165) is 35.5 Å². The molecule has 0 saturated heterocycles. The van der Waals surface area contributed by atoms with Crippen molar-refractivity contribution in [3.05, 3.63) is 76.6 Å². The van der Waals surface area contributed by atoms with Gasteiger partial charge >= 0.3 is 6.03 Å². The van der Waals surface area contributed by atoms with Gasteiger partial charge in [-0.25, -0.2) is 9.78 Å². The maximum atomic E-state index is 12.2. The van der Waals surface area contributed by atoms with Crippen molar-refractivity contribution >= 4 is 17.4 Å². The molecule has 4 nitrogen and oxygen atoms in total. The molecule has 1 aromatic heterocycles. The molecule has 3 aromatic rings. The number of hydrogen-bond acceptors (Lipinski definition) is 3. The summed E-state index contributed by atoms with van der Waals surface area (Å²) in [4.78, 5) is 16.9. The van der Waals surface area contributed by atoms with Crippen LogP contribution < -0.4 is 10.6 Å². The molecule has 26 heavy (non-hydrogen) atoms.